The molecule has 0 unspecified atom stereocenters. The van der Waals surface area contributed by atoms with Gasteiger partial charge in [0.05, 0.1) is 33.0 Å². The second-order valence-corrected chi connectivity index (χ2v) is 13.7. The van der Waals surface area contributed by atoms with Gasteiger partial charge in [0.25, 0.3) is 0 Å². The zero-order valence-electron chi connectivity index (χ0n) is 23.4. The molecule has 0 aliphatic carbocycles. The number of benzene rings is 2. The van der Waals surface area contributed by atoms with Crippen LogP contribution in [0.5, 0.6) is 0 Å². The largest absolute Gasteiger partial charge is 0.469 e. The number of nitrogens with zero attached hydrogens (tertiary/aromatic N) is 1. The molecule has 218 valence electrons. The molecule has 3 rings (SSSR count). The number of nitrogens with one attached hydrogen (secondary N) is 2. The van der Waals surface area contributed by atoms with Crippen LogP contribution in [0.25, 0.3) is 11.1 Å². The van der Waals surface area contributed by atoms with Crippen LogP contribution in [0.3, 0.4) is 0 Å². The van der Waals surface area contributed by atoms with Crippen LogP contribution in [0.2, 0.25) is 0 Å². The van der Waals surface area contributed by atoms with E-state index in [1.165, 1.54) is 41.4 Å². The smallest absolute Gasteiger partial charge is 0.428 e. The number of ether oxygens (including phenoxy) is 2. The number of esters is 1. The fraction of sp³-hybridized carbons (Fsp3) is 0.286. The van der Waals surface area contributed by atoms with Crippen molar-refractivity contribution < 1.29 is 32.3 Å². The lowest BCUT2D eigenvalue weighted by Gasteiger charge is -2.19. The number of rotatable bonds is 9. The predicted octanol–water partition coefficient (Wildman–Crippen LogP) is 5.64. The Hall–Kier alpha value is -3.68. The van der Waals surface area contributed by atoms with Crippen molar-refractivity contribution in [2.24, 2.45) is 5.10 Å². The summed E-state index contributed by atoms with van der Waals surface area (Å²) >= 11 is 2.41. The molecular weight excluding hydrogens is 587 g/mol. The highest BCUT2D eigenvalue weighted by molar-refractivity contribution is 8.01. The number of aryl methyl sites for hydroxylation is 1. The van der Waals surface area contributed by atoms with Gasteiger partial charge < -0.3 is 14.8 Å². The van der Waals surface area contributed by atoms with Crippen molar-refractivity contribution in [3.05, 3.63) is 59.0 Å². The molecule has 3 aromatic rings. The average molecular weight is 618 g/mol. The number of carbonyl (C=O) groups is 3. The quantitative estimate of drug-likeness (QED) is 0.103. The predicted molar refractivity (Wildman–Crippen MR) is 160 cm³/mol. The highest BCUT2D eigenvalue weighted by atomic mass is 32.2. The molecule has 1 aromatic heterocycles. The second kappa shape index (κ2) is 13.3. The molecule has 2 aromatic carbocycles. The van der Waals surface area contributed by atoms with Crippen LogP contribution >= 0.6 is 23.1 Å². The van der Waals surface area contributed by atoms with Crippen LogP contribution in [0.4, 0.5) is 10.5 Å². The summed E-state index contributed by atoms with van der Waals surface area (Å²) in [6, 6.07) is 13.6. The van der Waals surface area contributed by atoms with Gasteiger partial charge in [-0.25, -0.2) is 18.6 Å². The summed E-state index contributed by atoms with van der Waals surface area (Å²) < 4.78 is 38.5. The summed E-state index contributed by atoms with van der Waals surface area (Å²) in [6.07, 6.45) is 1.74. The molecule has 0 aliphatic rings. The number of methoxy groups -OCH3 is 1. The fourth-order valence-corrected chi connectivity index (χ4v) is 7.79. The monoisotopic (exact) mass is 617 g/mol. The van der Waals surface area contributed by atoms with Crippen LogP contribution in [-0.4, -0.2) is 51.6 Å². The number of thiophene rings is 1. The molecule has 2 N–H and O–H groups in total. The first-order valence-corrected chi connectivity index (χ1v) is 15.8. The number of thioether (sulfide) groups is 1. The molecule has 13 heteroatoms. The van der Waals surface area contributed by atoms with Crippen LogP contribution < -0.4 is 10.7 Å². The first kappa shape index (κ1) is 31.8. The van der Waals surface area contributed by atoms with E-state index in [0.29, 0.717) is 20.2 Å². The number of sulfone groups is 1. The lowest BCUT2D eigenvalue weighted by molar-refractivity contribution is -0.142. The van der Waals surface area contributed by atoms with Crippen molar-refractivity contribution in [2.45, 2.75) is 53.7 Å². The molecule has 10 nitrogen and oxygen atoms in total. The summed E-state index contributed by atoms with van der Waals surface area (Å²) in [5.74, 6) is -1.47. The average Bonchev–Trinajstić information content (AvgIpc) is 3.32. The molecule has 0 radical (unpaired) electrons. The van der Waals surface area contributed by atoms with Gasteiger partial charge in [-0.1, -0.05) is 36.4 Å². The van der Waals surface area contributed by atoms with Crippen molar-refractivity contribution in [1.82, 2.24) is 5.43 Å². The standard InChI is InChI=1S/C28H31N3O7S3/c1-17-12-13-20(25(30-22(32)15-23(33)37-5)24(17)18-10-8-7-9-11-18)41(35,36)21-14-19(40-26(21)39-6)16-29-31-27(34)38-28(2,3)4/h7-14,16H,15H2,1-6H3,(H,30,32)(H,31,34). The van der Waals surface area contributed by atoms with Crippen LogP contribution in [0.1, 0.15) is 37.6 Å². The minimum Gasteiger partial charge on any atom is -0.469 e. The third-order valence-electron chi connectivity index (χ3n) is 5.43. The zero-order chi connectivity index (χ0) is 30.4. The van der Waals surface area contributed by atoms with Crippen molar-refractivity contribution >= 4 is 62.8 Å². The van der Waals surface area contributed by atoms with Gasteiger partial charge in [0, 0.05) is 10.4 Å². The van der Waals surface area contributed by atoms with E-state index in [1.54, 1.807) is 64.3 Å². The van der Waals surface area contributed by atoms with Crippen molar-refractivity contribution in [3.8, 4) is 11.1 Å². The van der Waals surface area contributed by atoms with Crippen LogP contribution in [0, 0.1) is 6.92 Å². The SMILES string of the molecule is COC(=O)CC(=O)Nc1c(S(=O)(=O)c2cc(C=NNC(=O)OC(C)(C)C)sc2SC)ccc(C)c1-c1ccccc1. The lowest BCUT2D eigenvalue weighted by Crippen LogP contribution is -2.29. The summed E-state index contributed by atoms with van der Waals surface area (Å²) in [4.78, 5) is 36.8. The maximum atomic E-state index is 14.2. The molecule has 41 heavy (non-hydrogen) atoms. The molecule has 0 aliphatic heterocycles. The van der Waals surface area contributed by atoms with Gasteiger partial charge in [-0.05, 0) is 57.2 Å². The number of hydrogen-bond acceptors (Lipinski definition) is 10. The Balaban J connectivity index is 2.10. The Labute approximate surface area is 247 Å². The van der Waals surface area contributed by atoms with Gasteiger partial charge in [-0.2, -0.15) is 5.10 Å². The van der Waals surface area contributed by atoms with Gasteiger partial charge in [0.2, 0.25) is 15.7 Å². The highest BCUT2D eigenvalue weighted by Crippen LogP contribution is 2.42. The van der Waals surface area contributed by atoms with Gasteiger partial charge in [-0.3, -0.25) is 9.59 Å². The van der Waals surface area contributed by atoms with E-state index >= 15 is 0 Å². The van der Waals surface area contributed by atoms with E-state index in [1.807, 2.05) is 6.07 Å². The first-order chi connectivity index (χ1) is 19.3. The Morgan fingerprint density at radius 3 is 2.37 bits per heavy atom. The van der Waals surface area contributed by atoms with E-state index in [2.05, 4.69) is 20.6 Å². The Morgan fingerprint density at radius 1 is 1.07 bits per heavy atom. The Kier molecular flexibility index (Phi) is 10.3. The molecule has 0 saturated heterocycles. The summed E-state index contributed by atoms with van der Waals surface area (Å²) in [5.41, 5.74) is 3.54. The third kappa shape index (κ3) is 8.18. The van der Waals surface area contributed by atoms with Gasteiger partial charge in [0.1, 0.15) is 12.0 Å². The van der Waals surface area contributed by atoms with Crippen molar-refractivity contribution in [3.63, 3.8) is 0 Å². The van der Waals surface area contributed by atoms with E-state index in [-0.39, 0.29) is 15.5 Å². The number of hydrazone groups is 1. The third-order valence-corrected chi connectivity index (χ3v) is 9.71. The van der Waals surface area contributed by atoms with Gasteiger partial charge >= 0.3 is 12.1 Å². The van der Waals surface area contributed by atoms with Gasteiger partial charge in [0.15, 0.2) is 0 Å². The van der Waals surface area contributed by atoms with E-state index in [4.69, 9.17) is 4.74 Å². The highest BCUT2D eigenvalue weighted by Gasteiger charge is 2.30. The van der Waals surface area contributed by atoms with Crippen molar-refractivity contribution in [1.29, 1.82) is 0 Å². The lowest BCUT2D eigenvalue weighted by atomic mass is 9.98. The second-order valence-electron chi connectivity index (χ2n) is 9.68. The summed E-state index contributed by atoms with van der Waals surface area (Å²) in [6.45, 7) is 6.96. The topological polar surface area (TPSA) is 140 Å². The summed E-state index contributed by atoms with van der Waals surface area (Å²) in [7, 11) is -3.03. The maximum Gasteiger partial charge on any atom is 0.428 e. The van der Waals surface area contributed by atoms with Crippen molar-refractivity contribution in [2.75, 3.05) is 18.7 Å². The normalized spacial score (nSPS) is 11.8. The molecule has 0 bridgehead atoms. The fourth-order valence-electron chi connectivity index (χ4n) is 3.74. The maximum absolute atomic E-state index is 14.2. The zero-order valence-corrected chi connectivity index (χ0v) is 25.9. The number of amides is 2. The van der Waals surface area contributed by atoms with Gasteiger partial charge in [-0.15, -0.1) is 23.1 Å². The molecule has 1 heterocycles. The van der Waals surface area contributed by atoms with E-state index < -0.39 is 39.8 Å². The van der Waals surface area contributed by atoms with E-state index in [9.17, 15) is 22.8 Å². The van der Waals surface area contributed by atoms with Crippen LogP contribution in [-0.2, 0) is 28.9 Å². The number of hydrogen-bond donors (Lipinski definition) is 2. The molecule has 0 fully saturated rings. The number of carbonyl (C=O) groups excluding carboxylic acids is 3. The first-order valence-electron chi connectivity index (χ1n) is 12.3. The Bertz CT molecular complexity index is 1580. The molecule has 2 amide bonds. The molecule has 0 spiro atoms. The van der Waals surface area contributed by atoms with E-state index in [0.717, 1.165) is 12.7 Å². The van der Waals surface area contributed by atoms with Crippen LogP contribution in [0.15, 0.2) is 67.6 Å². The number of anilines is 1. The minimum absolute atomic E-state index is 0.0139. The summed E-state index contributed by atoms with van der Waals surface area (Å²) in [5, 5.41) is 6.54. The molecule has 0 saturated carbocycles. The Morgan fingerprint density at radius 2 is 1.76 bits per heavy atom. The minimum atomic E-state index is -4.20. The molecular formula is C28H31N3O7S3. The molecule has 0 atom stereocenters.